The highest BCUT2D eigenvalue weighted by atomic mass is 35.5. The fourth-order valence-electron chi connectivity index (χ4n) is 2.59. The molecule has 106 valence electrons. The Morgan fingerprint density at radius 1 is 1.35 bits per heavy atom. The van der Waals surface area contributed by atoms with Gasteiger partial charge in [-0.05, 0) is 12.0 Å². The van der Waals surface area contributed by atoms with Gasteiger partial charge < -0.3 is 5.32 Å². The molecular formula is C15H18ClN3S. The van der Waals surface area contributed by atoms with Crippen LogP contribution in [-0.2, 0) is 13.1 Å². The third-order valence-corrected chi connectivity index (χ3v) is 4.70. The molecule has 0 amide bonds. The van der Waals surface area contributed by atoms with Crippen molar-refractivity contribution in [1.29, 1.82) is 0 Å². The topological polar surface area (TPSA) is 28.2 Å². The van der Waals surface area contributed by atoms with Crippen LogP contribution in [0.5, 0.6) is 0 Å². The van der Waals surface area contributed by atoms with Crippen molar-refractivity contribution in [3.05, 3.63) is 51.4 Å². The van der Waals surface area contributed by atoms with Crippen molar-refractivity contribution in [2.45, 2.75) is 25.6 Å². The zero-order chi connectivity index (χ0) is 13.8. The lowest BCUT2D eigenvalue weighted by Crippen LogP contribution is -2.31. The summed E-state index contributed by atoms with van der Waals surface area (Å²) < 4.78 is 0.763. The van der Waals surface area contributed by atoms with E-state index in [2.05, 4.69) is 45.5 Å². The van der Waals surface area contributed by atoms with Crippen LogP contribution in [0, 0.1) is 0 Å². The molecule has 1 aliphatic heterocycles. The van der Waals surface area contributed by atoms with Crippen LogP contribution in [-0.4, -0.2) is 29.0 Å². The van der Waals surface area contributed by atoms with E-state index in [0.717, 1.165) is 35.5 Å². The van der Waals surface area contributed by atoms with E-state index in [1.165, 1.54) is 12.0 Å². The summed E-state index contributed by atoms with van der Waals surface area (Å²) in [5.74, 6) is 0. The molecule has 0 spiro atoms. The minimum absolute atomic E-state index is 0.557. The van der Waals surface area contributed by atoms with E-state index in [1.807, 2.05) is 0 Å². The summed E-state index contributed by atoms with van der Waals surface area (Å²) in [5, 5.41) is 4.64. The Kier molecular flexibility index (Phi) is 4.68. The van der Waals surface area contributed by atoms with Crippen molar-refractivity contribution in [2.24, 2.45) is 0 Å². The zero-order valence-electron chi connectivity index (χ0n) is 11.3. The van der Waals surface area contributed by atoms with E-state index in [-0.39, 0.29) is 0 Å². The van der Waals surface area contributed by atoms with Crippen molar-refractivity contribution < 1.29 is 0 Å². The maximum Gasteiger partial charge on any atom is 0.113 e. The SMILES string of the molecule is Clc1cnc(CNC2CCN(Cc3ccccc3)C2)s1. The normalized spacial score (nSPS) is 19.6. The molecule has 1 aromatic carbocycles. The van der Waals surface area contributed by atoms with E-state index in [9.17, 15) is 0 Å². The molecular weight excluding hydrogens is 290 g/mol. The van der Waals surface area contributed by atoms with Crippen molar-refractivity contribution in [3.8, 4) is 0 Å². The minimum atomic E-state index is 0.557. The predicted molar refractivity (Wildman–Crippen MR) is 84.1 cm³/mol. The first kappa shape index (κ1) is 14.0. The largest absolute Gasteiger partial charge is 0.306 e. The molecule has 2 heterocycles. The van der Waals surface area contributed by atoms with E-state index in [1.54, 1.807) is 17.5 Å². The Labute approximate surface area is 128 Å². The standard InChI is InChI=1S/C15H18ClN3S/c16-14-8-18-15(20-14)9-17-13-6-7-19(11-13)10-12-4-2-1-3-5-12/h1-5,8,13,17H,6-7,9-11H2. The van der Waals surface area contributed by atoms with E-state index >= 15 is 0 Å². The Hall–Kier alpha value is -0.940. The zero-order valence-corrected chi connectivity index (χ0v) is 12.8. The summed E-state index contributed by atoms with van der Waals surface area (Å²) in [4.78, 5) is 6.78. The van der Waals surface area contributed by atoms with Gasteiger partial charge in [0.25, 0.3) is 0 Å². The van der Waals surface area contributed by atoms with Gasteiger partial charge in [0.15, 0.2) is 0 Å². The third kappa shape index (κ3) is 3.79. The van der Waals surface area contributed by atoms with Crippen LogP contribution in [0.25, 0.3) is 0 Å². The lowest BCUT2D eigenvalue weighted by atomic mass is 10.2. The lowest BCUT2D eigenvalue weighted by molar-refractivity contribution is 0.320. The summed E-state index contributed by atoms with van der Waals surface area (Å²) in [6.45, 7) is 4.13. The molecule has 1 unspecified atom stereocenters. The van der Waals surface area contributed by atoms with Crippen molar-refractivity contribution in [2.75, 3.05) is 13.1 Å². The summed E-state index contributed by atoms with van der Waals surface area (Å²) >= 11 is 7.44. The molecule has 0 saturated carbocycles. The second kappa shape index (κ2) is 6.68. The molecule has 0 bridgehead atoms. The molecule has 1 saturated heterocycles. The molecule has 20 heavy (non-hydrogen) atoms. The summed E-state index contributed by atoms with van der Waals surface area (Å²) in [5.41, 5.74) is 1.39. The maximum atomic E-state index is 5.89. The molecule has 1 N–H and O–H groups in total. The minimum Gasteiger partial charge on any atom is -0.306 e. The number of rotatable bonds is 5. The highest BCUT2D eigenvalue weighted by molar-refractivity contribution is 7.15. The Morgan fingerprint density at radius 3 is 2.95 bits per heavy atom. The number of benzene rings is 1. The van der Waals surface area contributed by atoms with E-state index < -0.39 is 0 Å². The third-order valence-electron chi connectivity index (χ3n) is 3.59. The summed E-state index contributed by atoms with van der Waals surface area (Å²) in [6, 6.07) is 11.2. The molecule has 3 nitrogen and oxygen atoms in total. The first-order chi connectivity index (χ1) is 9.79. The molecule has 0 aliphatic carbocycles. The average molecular weight is 308 g/mol. The second-order valence-corrected chi connectivity index (χ2v) is 6.89. The van der Waals surface area contributed by atoms with Crippen molar-refractivity contribution in [1.82, 2.24) is 15.2 Å². The number of aromatic nitrogens is 1. The monoisotopic (exact) mass is 307 g/mol. The lowest BCUT2D eigenvalue weighted by Gasteiger charge is -2.16. The fraction of sp³-hybridized carbons (Fsp3) is 0.400. The molecule has 2 aromatic rings. The van der Waals surface area contributed by atoms with Crippen molar-refractivity contribution in [3.63, 3.8) is 0 Å². The van der Waals surface area contributed by atoms with E-state index in [0.29, 0.717) is 6.04 Å². The van der Waals surface area contributed by atoms with Crippen LogP contribution >= 0.6 is 22.9 Å². The summed E-state index contributed by atoms with van der Waals surface area (Å²) in [7, 11) is 0. The van der Waals surface area contributed by atoms with Gasteiger partial charge in [0.1, 0.15) is 9.34 Å². The predicted octanol–water partition coefficient (Wildman–Crippen LogP) is 3.16. The van der Waals surface area contributed by atoms with Gasteiger partial charge in [-0.3, -0.25) is 4.90 Å². The number of likely N-dealkylation sites (tertiary alicyclic amines) is 1. The number of halogens is 1. The van der Waals surface area contributed by atoms with Crippen LogP contribution in [0.2, 0.25) is 4.34 Å². The van der Waals surface area contributed by atoms with Gasteiger partial charge in [-0.25, -0.2) is 4.98 Å². The van der Waals surface area contributed by atoms with Gasteiger partial charge in [0, 0.05) is 32.2 Å². The average Bonchev–Trinajstić information content (AvgIpc) is 3.07. The first-order valence-electron chi connectivity index (χ1n) is 6.89. The van der Waals surface area contributed by atoms with Crippen LogP contribution < -0.4 is 5.32 Å². The van der Waals surface area contributed by atoms with Gasteiger partial charge in [-0.15, -0.1) is 11.3 Å². The molecule has 1 fully saturated rings. The van der Waals surface area contributed by atoms with Gasteiger partial charge in [0.05, 0.1) is 6.20 Å². The molecule has 0 radical (unpaired) electrons. The Bertz CT molecular complexity index is 543. The second-order valence-electron chi connectivity index (χ2n) is 5.15. The van der Waals surface area contributed by atoms with Gasteiger partial charge in [-0.1, -0.05) is 41.9 Å². The highest BCUT2D eigenvalue weighted by Gasteiger charge is 2.22. The van der Waals surface area contributed by atoms with Crippen LogP contribution in [0.1, 0.15) is 17.0 Å². The number of nitrogens with zero attached hydrogens (tertiary/aromatic N) is 2. The van der Waals surface area contributed by atoms with Gasteiger partial charge >= 0.3 is 0 Å². The van der Waals surface area contributed by atoms with Gasteiger partial charge in [-0.2, -0.15) is 0 Å². The molecule has 3 rings (SSSR count). The quantitative estimate of drug-likeness (QED) is 0.919. The number of hydrogen-bond donors (Lipinski definition) is 1. The Balaban J connectivity index is 1.45. The van der Waals surface area contributed by atoms with E-state index in [4.69, 9.17) is 11.6 Å². The molecule has 1 aromatic heterocycles. The smallest absolute Gasteiger partial charge is 0.113 e. The summed E-state index contributed by atoms with van der Waals surface area (Å²) in [6.07, 6.45) is 2.92. The molecule has 1 aliphatic rings. The highest BCUT2D eigenvalue weighted by Crippen LogP contribution is 2.19. The molecule has 5 heteroatoms. The Morgan fingerprint density at radius 2 is 2.20 bits per heavy atom. The number of nitrogens with one attached hydrogen (secondary N) is 1. The number of hydrogen-bond acceptors (Lipinski definition) is 4. The van der Waals surface area contributed by atoms with Crippen LogP contribution in [0.4, 0.5) is 0 Å². The maximum absolute atomic E-state index is 5.89. The first-order valence-corrected chi connectivity index (χ1v) is 8.09. The van der Waals surface area contributed by atoms with Crippen LogP contribution in [0.3, 0.4) is 0 Å². The fourth-order valence-corrected chi connectivity index (χ4v) is 3.49. The van der Waals surface area contributed by atoms with Crippen molar-refractivity contribution >= 4 is 22.9 Å². The molecule has 1 atom stereocenters. The van der Waals surface area contributed by atoms with Crippen LogP contribution in [0.15, 0.2) is 36.5 Å². The van der Waals surface area contributed by atoms with Gasteiger partial charge in [0.2, 0.25) is 0 Å². The number of thiazole rings is 1.